The van der Waals surface area contributed by atoms with Crippen molar-refractivity contribution in [2.75, 3.05) is 4.90 Å². The Morgan fingerprint density at radius 1 is 0.623 bits per heavy atom. The summed E-state index contributed by atoms with van der Waals surface area (Å²) in [6, 6.07) is 42.0. The molecule has 2 atom stereocenters. The van der Waals surface area contributed by atoms with Gasteiger partial charge in [0.25, 0.3) is 0 Å². The monoisotopic (exact) mass is 686 g/mol. The van der Waals surface area contributed by atoms with Crippen molar-refractivity contribution >= 4 is 38.8 Å². The van der Waals surface area contributed by atoms with Crippen LogP contribution in [-0.4, -0.2) is 4.57 Å². The lowest BCUT2D eigenvalue weighted by Gasteiger charge is -2.31. The highest BCUT2D eigenvalue weighted by atomic mass is 15.1. The molecule has 2 heteroatoms. The summed E-state index contributed by atoms with van der Waals surface area (Å²) in [4.78, 5) is 2.47. The molecule has 0 radical (unpaired) electrons. The van der Waals surface area contributed by atoms with Gasteiger partial charge in [0.1, 0.15) is 0 Å². The number of rotatable bonds is 6. The molecule has 6 aromatic rings. The molecule has 0 amide bonds. The van der Waals surface area contributed by atoms with Gasteiger partial charge in [0.05, 0.1) is 0 Å². The van der Waals surface area contributed by atoms with E-state index in [1.165, 1.54) is 84.3 Å². The third kappa shape index (κ3) is 5.38. The molecule has 260 valence electrons. The molecule has 2 unspecified atom stereocenters. The summed E-state index contributed by atoms with van der Waals surface area (Å²) < 4.78 is 2.62. The minimum atomic E-state index is -0.0609. The topological polar surface area (TPSA) is 8.17 Å². The molecule has 2 nitrogen and oxygen atoms in total. The summed E-state index contributed by atoms with van der Waals surface area (Å²) in [5.41, 5.74) is 15.8. The number of anilines is 2. The molecule has 0 N–H and O–H groups in total. The van der Waals surface area contributed by atoms with Crippen LogP contribution < -0.4 is 4.90 Å². The van der Waals surface area contributed by atoms with Crippen LogP contribution in [0.25, 0.3) is 38.5 Å². The number of nitrogens with zero attached hydrogens (tertiary/aromatic N) is 2. The van der Waals surface area contributed by atoms with Crippen LogP contribution in [0.1, 0.15) is 86.6 Å². The van der Waals surface area contributed by atoms with Gasteiger partial charge in [-0.15, -0.1) is 0 Å². The van der Waals surface area contributed by atoms with E-state index in [0.29, 0.717) is 12.0 Å². The zero-order valence-corrected chi connectivity index (χ0v) is 30.8. The molecule has 0 saturated carbocycles. The van der Waals surface area contributed by atoms with Crippen molar-refractivity contribution in [2.45, 2.75) is 69.7 Å². The van der Waals surface area contributed by atoms with Crippen molar-refractivity contribution in [3.63, 3.8) is 0 Å². The predicted octanol–water partition coefficient (Wildman–Crippen LogP) is 13.9. The Kier molecular flexibility index (Phi) is 7.76. The highest BCUT2D eigenvalue weighted by Gasteiger charge is 2.36. The lowest BCUT2D eigenvalue weighted by molar-refractivity contribution is 0.485. The molecule has 1 heterocycles. The summed E-state index contributed by atoms with van der Waals surface area (Å²) in [5, 5.41) is 2.74. The van der Waals surface area contributed by atoms with E-state index in [2.05, 4.69) is 181 Å². The van der Waals surface area contributed by atoms with Crippen molar-refractivity contribution in [3.8, 4) is 11.1 Å². The van der Waals surface area contributed by atoms with Crippen molar-refractivity contribution in [1.82, 2.24) is 4.57 Å². The molecule has 0 spiro atoms. The number of fused-ring (bicyclic) bond motifs is 6. The van der Waals surface area contributed by atoms with E-state index in [-0.39, 0.29) is 5.41 Å². The first-order valence-electron chi connectivity index (χ1n) is 19.6. The second kappa shape index (κ2) is 12.8. The molecule has 4 aliphatic carbocycles. The van der Waals surface area contributed by atoms with Gasteiger partial charge < -0.3 is 9.47 Å². The minimum Gasteiger partial charge on any atom is -0.337 e. The standard InChI is InChI=1S/C51H46N2/c1-51(2)47-19-11-9-17-43(47)44-31-30-42(34-48(44)51)52(40-26-21-36(22-27-40)35-13-5-3-6-14-35)41-28-23-37(24-29-41)38-25-32-50-46(33-38)45-18-10-12-20-49(45)53(50)39-15-7-4-8-16-39/h4-5,7,9-14,17-23,25-34,37,39H,3,6,8,15-16,24H2,1-2H3. The highest BCUT2D eigenvalue weighted by molar-refractivity contribution is 6.08. The molecule has 0 fully saturated rings. The van der Waals surface area contributed by atoms with Crippen LogP contribution in [0.4, 0.5) is 11.4 Å². The molecule has 10 rings (SSSR count). The second-order valence-corrected chi connectivity index (χ2v) is 15.9. The van der Waals surface area contributed by atoms with Crippen LogP contribution in [0, 0.1) is 0 Å². The minimum absolute atomic E-state index is 0.0609. The van der Waals surface area contributed by atoms with Gasteiger partial charge in [0.2, 0.25) is 0 Å². The molecule has 1 aromatic heterocycles. The van der Waals surface area contributed by atoms with Crippen molar-refractivity contribution < 1.29 is 0 Å². The van der Waals surface area contributed by atoms with Gasteiger partial charge >= 0.3 is 0 Å². The van der Waals surface area contributed by atoms with Gasteiger partial charge in [-0.25, -0.2) is 0 Å². The number of aromatic nitrogens is 1. The Morgan fingerprint density at radius 2 is 1.43 bits per heavy atom. The summed E-state index contributed by atoms with van der Waals surface area (Å²) in [5.74, 6) is 0.325. The van der Waals surface area contributed by atoms with Crippen molar-refractivity contribution in [3.05, 3.63) is 186 Å². The lowest BCUT2D eigenvalue weighted by Crippen LogP contribution is -2.19. The number of benzene rings is 5. The number of allylic oxidation sites excluding steroid dienone is 9. The Bertz CT molecular complexity index is 2550. The Labute approximate surface area is 313 Å². The van der Waals surface area contributed by atoms with Gasteiger partial charge in [0.15, 0.2) is 0 Å². The fraction of sp³-hybridized carbons (Fsp3) is 0.216. The first kappa shape index (κ1) is 32.1. The number of hydrogen-bond donors (Lipinski definition) is 0. The maximum atomic E-state index is 2.62. The van der Waals surface area contributed by atoms with Crippen LogP contribution in [0.3, 0.4) is 0 Å². The average molecular weight is 687 g/mol. The molecule has 0 aliphatic heterocycles. The van der Waals surface area contributed by atoms with E-state index in [1.807, 2.05) is 0 Å². The highest BCUT2D eigenvalue weighted by Crippen LogP contribution is 2.50. The van der Waals surface area contributed by atoms with Gasteiger partial charge in [-0.1, -0.05) is 123 Å². The van der Waals surface area contributed by atoms with E-state index in [0.717, 1.165) is 32.1 Å². The number of para-hydroxylation sites is 1. The number of hydrogen-bond acceptors (Lipinski definition) is 1. The van der Waals surface area contributed by atoms with E-state index in [9.17, 15) is 0 Å². The predicted molar refractivity (Wildman–Crippen MR) is 225 cm³/mol. The van der Waals surface area contributed by atoms with E-state index < -0.39 is 0 Å². The van der Waals surface area contributed by atoms with Gasteiger partial charge in [-0.3, -0.25) is 0 Å². The first-order chi connectivity index (χ1) is 26.0. The summed E-state index contributed by atoms with van der Waals surface area (Å²) in [7, 11) is 0. The van der Waals surface area contributed by atoms with Crippen LogP contribution in [0.2, 0.25) is 0 Å². The average Bonchev–Trinajstić information content (AvgIpc) is 3.67. The molecular weight excluding hydrogens is 641 g/mol. The molecule has 0 bridgehead atoms. The van der Waals surface area contributed by atoms with Crippen molar-refractivity contribution in [2.24, 2.45) is 0 Å². The third-order valence-corrected chi connectivity index (χ3v) is 12.4. The van der Waals surface area contributed by atoms with Gasteiger partial charge in [-0.2, -0.15) is 0 Å². The van der Waals surface area contributed by atoms with E-state index in [1.54, 1.807) is 0 Å². The first-order valence-corrected chi connectivity index (χ1v) is 19.6. The quantitative estimate of drug-likeness (QED) is 0.158. The Morgan fingerprint density at radius 3 is 2.25 bits per heavy atom. The fourth-order valence-electron chi connectivity index (χ4n) is 9.59. The zero-order chi connectivity index (χ0) is 35.5. The van der Waals surface area contributed by atoms with Crippen LogP contribution in [0.15, 0.2) is 163 Å². The molecule has 53 heavy (non-hydrogen) atoms. The molecular formula is C51H46N2. The fourth-order valence-corrected chi connectivity index (χ4v) is 9.59. The zero-order valence-electron chi connectivity index (χ0n) is 30.8. The SMILES string of the molecule is CC1(C)c2ccccc2-c2ccc(N(C3=CCC(c4ccc5c(c4)c4ccccc4n5C4CC=CCC4)C=C3)c3ccc(C4=CCCC=C4)cc3)cc21. The molecule has 5 aromatic carbocycles. The third-order valence-electron chi connectivity index (χ3n) is 12.4. The molecule has 0 saturated heterocycles. The van der Waals surface area contributed by atoms with E-state index >= 15 is 0 Å². The van der Waals surface area contributed by atoms with Crippen LogP contribution in [0.5, 0.6) is 0 Å². The Balaban J connectivity index is 1.01. The summed E-state index contributed by atoms with van der Waals surface area (Å²) in [6.45, 7) is 4.74. The van der Waals surface area contributed by atoms with Crippen LogP contribution in [-0.2, 0) is 5.41 Å². The van der Waals surface area contributed by atoms with E-state index in [4.69, 9.17) is 0 Å². The maximum absolute atomic E-state index is 2.62. The summed E-state index contributed by atoms with van der Waals surface area (Å²) >= 11 is 0. The molecule has 4 aliphatic rings. The Hall–Kier alpha value is -5.60. The summed E-state index contributed by atoms with van der Waals surface area (Å²) in [6.07, 6.45) is 25.6. The smallest absolute Gasteiger partial charge is 0.0494 e. The lowest BCUT2D eigenvalue weighted by atomic mass is 9.82. The second-order valence-electron chi connectivity index (χ2n) is 15.9. The maximum Gasteiger partial charge on any atom is 0.0494 e. The van der Waals surface area contributed by atoms with Gasteiger partial charge in [-0.05, 0) is 126 Å². The largest absolute Gasteiger partial charge is 0.337 e. The van der Waals surface area contributed by atoms with Gasteiger partial charge in [0, 0.05) is 56.3 Å². The van der Waals surface area contributed by atoms with Crippen LogP contribution >= 0.6 is 0 Å². The van der Waals surface area contributed by atoms with Crippen molar-refractivity contribution in [1.29, 1.82) is 0 Å². The normalized spacial score (nSPS) is 20.0.